The fourth-order valence-electron chi connectivity index (χ4n) is 3.13. The molecule has 0 aliphatic carbocycles. The van der Waals surface area contributed by atoms with Crippen molar-refractivity contribution in [2.45, 2.75) is 0 Å². The van der Waals surface area contributed by atoms with Crippen LogP contribution in [0.25, 0.3) is 23.5 Å². The molecule has 8 nitrogen and oxygen atoms in total. The Morgan fingerprint density at radius 1 is 0.853 bits per heavy atom. The number of nitrogens with one attached hydrogen (secondary N) is 1. The van der Waals surface area contributed by atoms with Crippen molar-refractivity contribution in [1.29, 1.82) is 0 Å². The first-order valence-corrected chi connectivity index (χ1v) is 10.2. The summed E-state index contributed by atoms with van der Waals surface area (Å²) in [5.41, 5.74) is 1.25. The van der Waals surface area contributed by atoms with Gasteiger partial charge in [0.25, 0.3) is 5.69 Å². The van der Waals surface area contributed by atoms with E-state index < -0.39 is 4.92 Å². The van der Waals surface area contributed by atoms with Crippen LogP contribution in [0, 0.1) is 10.1 Å². The minimum absolute atomic E-state index is 0.0629. The Kier molecular flexibility index (Phi) is 6.60. The molecule has 168 valence electrons. The highest BCUT2D eigenvalue weighted by Crippen LogP contribution is 2.31. The number of para-hydroxylation sites is 1. The van der Waals surface area contributed by atoms with Gasteiger partial charge in [-0.3, -0.25) is 19.7 Å². The van der Waals surface area contributed by atoms with E-state index in [-0.39, 0.29) is 17.4 Å². The normalized spacial score (nSPS) is 11.2. The summed E-state index contributed by atoms with van der Waals surface area (Å²) < 4.78 is 10.8. The number of carbonyl (C=O) groups excluding carboxylic acids is 2. The number of ketones is 1. The van der Waals surface area contributed by atoms with Gasteiger partial charge in [-0.05, 0) is 72.8 Å². The maximum Gasteiger partial charge on any atom is 0.280 e. The van der Waals surface area contributed by atoms with Gasteiger partial charge in [0.2, 0.25) is 5.91 Å². The van der Waals surface area contributed by atoms with Crippen LogP contribution in [0.1, 0.15) is 21.9 Å². The Bertz CT molecular complexity index is 1380. The van der Waals surface area contributed by atoms with Crippen LogP contribution in [0.4, 0.5) is 11.4 Å². The molecule has 0 saturated heterocycles. The SMILES string of the molecule is O=C(/C=C/c1ccco1)Nc1ccc(C(=O)/C=C/c2ccc(-c3ccccc3[N+](=O)[O-])o2)cc1. The zero-order chi connectivity index (χ0) is 23.9. The van der Waals surface area contributed by atoms with Crippen molar-refractivity contribution in [2.24, 2.45) is 0 Å². The largest absolute Gasteiger partial charge is 0.465 e. The number of carbonyl (C=O) groups is 2. The second-order valence-electron chi connectivity index (χ2n) is 7.09. The summed E-state index contributed by atoms with van der Waals surface area (Å²) in [5.74, 6) is 0.685. The first-order valence-electron chi connectivity index (χ1n) is 10.2. The third kappa shape index (κ3) is 5.43. The Morgan fingerprint density at radius 3 is 2.35 bits per heavy atom. The number of amides is 1. The van der Waals surface area contributed by atoms with Crippen molar-refractivity contribution in [3.05, 3.63) is 118 Å². The molecule has 0 bridgehead atoms. The van der Waals surface area contributed by atoms with Crippen LogP contribution in [-0.4, -0.2) is 16.6 Å². The second-order valence-corrected chi connectivity index (χ2v) is 7.09. The van der Waals surface area contributed by atoms with Crippen LogP contribution in [0.3, 0.4) is 0 Å². The van der Waals surface area contributed by atoms with Gasteiger partial charge in [0, 0.05) is 23.4 Å². The number of hydrogen-bond donors (Lipinski definition) is 1. The maximum atomic E-state index is 12.5. The molecule has 34 heavy (non-hydrogen) atoms. The molecule has 2 aromatic heterocycles. The number of nitro groups is 1. The molecule has 2 heterocycles. The molecule has 0 unspecified atom stereocenters. The molecule has 0 saturated carbocycles. The average molecular weight is 454 g/mol. The molecule has 0 radical (unpaired) electrons. The Morgan fingerprint density at radius 2 is 1.62 bits per heavy atom. The van der Waals surface area contributed by atoms with Crippen LogP contribution >= 0.6 is 0 Å². The summed E-state index contributed by atoms with van der Waals surface area (Å²) in [4.78, 5) is 35.2. The highest BCUT2D eigenvalue weighted by atomic mass is 16.6. The number of allylic oxidation sites excluding steroid dienone is 1. The van der Waals surface area contributed by atoms with Gasteiger partial charge in [-0.1, -0.05) is 12.1 Å². The van der Waals surface area contributed by atoms with Gasteiger partial charge in [-0.25, -0.2) is 0 Å². The van der Waals surface area contributed by atoms with E-state index in [0.29, 0.717) is 34.1 Å². The van der Waals surface area contributed by atoms with Crippen molar-refractivity contribution in [3.8, 4) is 11.3 Å². The molecule has 0 aliphatic rings. The first-order chi connectivity index (χ1) is 16.5. The average Bonchev–Trinajstić information content (AvgIpc) is 3.54. The van der Waals surface area contributed by atoms with Crippen molar-refractivity contribution in [3.63, 3.8) is 0 Å². The lowest BCUT2D eigenvalue weighted by Gasteiger charge is -2.03. The molecule has 0 aliphatic heterocycles. The fourth-order valence-corrected chi connectivity index (χ4v) is 3.13. The van der Waals surface area contributed by atoms with Crippen LogP contribution in [-0.2, 0) is 4.79 Å². The Balaban J connectivity index is 1.38. The molecule has 4 rings (SSSR count). The predicted octanol–water partition coefficient (Wildman–Crippen LogP) is 6.00. The van der Waals surface area contributed by atoms with E-state index in [4.69, 9.17) is 8.83 Å². The first kappa shape index (κ1) is 22.2. The lowest BCUT2D eigenvalue weighted by atomic mass is 10.1. The number of anilines is 1. The van der Waals surface area contributed by atoms with Crippen LogP contribution in [0.2, 0.25) is 0 Å². The molecule has 0 fully saturated rings. The summed E-state index contributed by atoms with van der Waals surface area (Å²) in [6.45, 7) is 0. The molecule has 0 atom stereocenters. The molecular weight excluding hydrogens is 436 g/mol. The van der Waals surface area contributed by atoms with E-state index >= 15 is 0 Å². The number of benzene rings is 2. The van der Waals surface area contributed by atoms with Gasteiger partial charge in [0.05, 0.1) is 16.7 Å². The van der Waals surface area contributed by atoms with Gasteiger partial charge in [0.1, 0.15) is 17.3 Å². The molecule has 2 aromatic carbocycles. The summed E-state index contributed by atoms with van der Waals surface area (Å²) in [7, 11) is 0. The van der Waals surface area contributed by atoms with Crippen LogP contribution in [0.15, 0.2) is 100 Å². The summed E-state index contributed by atoms with van der Waals surface area (Å²) in [6, 6.07) is 19.4. The Labute approximate surface area is 194 Å². The Hall–Kier alpha value is -4.98. The van der Waals surface area contributed by atoms with E-state index in [1.165, 1.54) is 30.6 Å². The number of rotatable bonds is 8. The quantitative estimate of drug-likeness (QED) is 0.151. The standard InChI is InChI=1S/C26H18N2O6/c29-24(14-11-21-12-15-25(34-21)22-5-1-2-6-23(22)28(31)32)18-7-9-19(10-8-18)27-26(30)16-13-20-4-3-17-33-20/h1-17H,(H,27,30)/b14-11+,16-13+. The zero-order valence-electron chi connectivity index (χ0n) is 17.7. The number of hydrogen-bond acceptors (Lipinski definition) is 6. The van der Waals surface area contributed by atoms with E-state index in [9.17, 15) is 19.7 Å². The minimum atomic E-state index is -0.474. The minimum Gasteiger partial charge on any atom is -0.465 e. The van der Waals surface area contributed by atoms with Crippen LogP contribution in [0.5, 0.6) is 0 Å². The smallest absolute Gasteiger partial charge is 0.280 e. The van der Waals surface area contributed by atoms with Crippen molar-refractivity contribution >= 4 is 35.2 Å². The molecule has 4 aromatic rings. The van der Waals surface area contributed by atoms with Crippen LogP contribution < -0.4 is 5.32 Å². The predicted molar refractivity (Wildman–Crippen MR) is 127 cm³/mol. The van der Waals surface area contributed by atoms with Gasteiger partial charge in [-0.2, -0.15) is 0 Å². The van der Waals surface area contributed by atoms with Crippen molar-refractivity contribution in [1.82, 2.24) is 0 Å². The van der Waals surface area contributed by atoms with Gasteiger partial charge in [-0.15, -0.1) is 0 Å². The summed E-state index contributed by atoms with van der Waals surface area (Å²) in [5, 5.41) is 13.9. The summed E-state index contributed by atoms with van der Waals surface area (Å²) in [6.07, 6.45) is 7.26. The molecule has 1 N–H and O–H groups in total. The topological polar surface area (TPSA) is 116 Å². The van der Waals surface area contributed by atoms with E-state index in [2.05, 4.69) is 5.32 Å². The lowest BCUT2D eigenvalue weighted by molar-refractivity contribution is -0.384. The fraction of sp³-hybridized carbons (Fsp3) is 0. The van der Waals surface area contributed by atoms with Gasteiger partial charge in [0.15, 0.2) is 5.78 Å². The summed E-state index contributed by atoms with van der Waals surface area (Å²) >= 11 is 0. The van der Waals surface area contributed by atoms with Crippen molar-refractivity contribution < 1.29 is 23.3 Å². The van der Waals surface area contributed by atoms with E-state index in [1.807, 2.05) is 0 Å². The number of nitro benzene ring substituents is 1. The highest BCUT2D eigenvalue weighted by Gasteiger charge is 2.16. The molecule has 1 amide bonds. The molecule has 8 heteroatoms. The maximum absolute atomic E-state index is 12.5. The van der Waals surface area contributed by atoms with E-state index in [0.717, 1.165) is 0 Å². The third-order valence-electron chi connectivity index (χ3n) is 4.77. The number of nitrogens with zero attached hydrogens (tertiary/aromatic N) is 1. The van der Waals surface area contributed by atoms with E-state index in [1.54, 1.807) is 72.8 Å². The van der Waals surface area contributed by atoms with Gasteiger partial charge >= 0.3 is 0 Å². The zero-order valence-corrected chi connectivity index (χ0v) is 17.7. The third-order valence-corrected chi connectivity index (χ3v) is 4.77. The number of furan rings is 2. The molecular formula is C26H18N2O6. The van der Waals surface area contributed by atoms with Gasteiger partial charge < -0.3 is 14.2 Å². The van der Waals surface area contributed by atoms with Crippen molar-refractivity contribution in [2.75, 3.05) is 5.32 Å². The molecule has 0 spiro atoms. The monoisotopic (exact) mass is 454 g/mol. The highest BCUT2D eigenvalue weighted by molar-refractivity contribution is 6.07. The lowest BCUT2D eigenvalue weighted by Crippen LogP contribution is -2.07. The second kappa shape index (κ2) is 10.1.